The number of para-hydroxylation sites is 1. The highest BCUT2D eigenvalue weighted by Gasteiger charge is 2.14. The van der Waals surface area contributed by atoms with Gasteiger partial charge in [0.15, 0.2) is 0 Å². The Kier molecular flexibility index (Phi) is 6.88. The predicted octanol–water partition coefficient (Wildman–Crippen LogP) is 4.22. The lowest BCUT2D eigenvalue weighted by Gasteiger charge is -2.01. The first-order valence-electron chi connectivity index (χ1n) is 8.42. The summed E-state index contributed by atoms with van der Waals surface area (Å²) in [5.74, 6) is -0.157. The van der Waals surface area contributed by atoms with Crippen LogP contribution in [0.25, 0.3) is 10.9 Å². The van der Waals surface area contributed by atoms with Crippen LogP contribution in [0.15, 0.2) is 42.6 Å². The summed E-state index contributed by atoms with van der Waals surface area (Å²) >= 11 is 0. The minimum atomic E-state index is -0.157. The number of unbranched alkanes of at least 4 members (excludes halogenated alkanes) is 6. The molecule has 0 aliphatic carbocycles. The molecule has 3 nitrogen and oxygen atoms in total. The van der Waals surface area contributed by atoms with E-state index in [1.54, 1.807) is 10.9 Å². The standard InChI is InChI=1S/C19H26NO2/c1-2-3-4-5-6-7-8-15-19(21)22-20-16-11-13-17-12-9-10-14-18(17)20/h9-14,16H,2-8,15H2,1H3/q+1. The van der Waals surface area contributed by atoms with Crippen molar-refractivity contribution in [3.05, 3.63) is 42.6 Å². The van der Waals surface area contributed by atoms with Crippen molar-refractivity contribution < 1.29 is 14.4 Å². The molecule has 0 bridgehead atoms. The van der Waals surface area contributed by atoms with E-state index >= 15 is 0 Å². The van der Waals surface area contributed by atoms with E-state index in [-0.39, 0.29) is 5.97 Å². The topological polar surface area (TPSA) is 30.2 Å². The third kappa shape index (κ3) is 5.14. The van der Waals surface area contributed by atoms with E-state index in [0.717, 1.165) is 23.7 Å². The number of fused-ring (bicyclic) bond motifs is 1. The quantitative estimate of drug-likeness (QED) is 0.512. The summed E-state index contributed by atoms with van der Waals surface area (Å²) in [4.78, 5) is 17.4. The van der Waals surface area contributed by atoms with E-state index in [1.165, 1.54) is 32.1 Å². The number of carbonyl (C=O) groups is 1. The highest BCUT2D eigenvalue weighted by atomic mass is 16.7. The van der Waals surface area contributed by atoms with Gasteiger partial charge in [-0.1, -0.05) is 57.6 Å². The Morgan fingerprint density at radius 1 is 0.955 bits per heavy atom. The van der Waals surface area contributed by atoms with Crippen molar-refractivity contribution in [2.24, 2.45) is 0 Å². The molecule has 3 heteroatoms. The van der Waals surface area contributed by atoms with Gasteiger partial charge < -0.3 is 0 Å². The van der Waals surface area contributed by atoms with Crippen LogP contribution in [0, 0.1) is 0 Å². The summed E-state index contributed by atoms with van der Waals surface area (Å²) in [5, 5.41) is 1.06. The largest absolute Gasteiger partial charge is 0.380 e. The number of hydrogen-bond acceptors (Lipinski definition) is 2. The minimum absolute atomic E-state index is 0.157. The van der Waals surface area contributed by atoms with Gasteiger partial charge in [-0.15, -0.1) is 0 Å². The molecule has 0 saturated heterocycles. The van der Waals surface area contributed by atoms with Crippen molar-refractivity contribution >= 4 is 16.9 Å². The molecular formula is C19H26NO2+. The summed E-state index contributed by atoms with van der Waals surface area (Å²) < 4.78 is 1.57. The maximum absolute atomic E-state index is 11.9. The Bertz CT molecular complexity index is 590. The van der Waals surface area contributed by atoms with Gasteiger partial charge in [-0.2, -0.15) is 4.84 Å². The average Bonchev–Trinajstić information content (AvgIpc) is 2.54. The molecule has 0 unspecified atom stereocenters. The molecule has 0 atom stereocenters. The summed E-state index contributed by atoms with van der Waals surface area (Å²) in [7, 11) is 0. The second kappa shape index (κ2) is 9.19. The maximum Gasteiger partial charge on any atom is 0.380 e. The molecular weight excluding hydrogens is 274 g/mol. The highest BCUT2D eigenvalue weighted by molar-refractivity contribution is 5.75. The summed E-state index contributed by atoms with van der Waals surface area (Å²) in [6.07, 6.45) is 10.7. The second-order valence-corrected chi connectivity index (χ2v) is 5.73. The molecule has 2 aromatic rings. The van der Waals surface area contributed by atoms with Crippen molar-refractivity contribution in [2.75, 3.05) is 0 Å². The van der Waals surface area contributed by atoms with Gasteiger partial charge in [0.1, 0.15) is 0 Å². The third-order valence-electron chi connectivity index (χ3n) is 3.86. The number of benzene rings is 1. The van der Waals surface area contributed by atoms with Crippen molar-refractivity contribution in [3.63, 3.8) is 0 Å². The molecule has 0 aliphatic heterocycles. The molecule has 0 amide bonds. The molecule has 0 fully saturated rings. The Morgan fingerprint density at radius 3 is 2.45 bits per heavy atom. The molecule has 1 aromatic heterocycles. The lowest BCUT2D eigenvalue weighted by molar-refractivity contribution is -0.848. The van der Waals surface area contributed by atoms with E-state index in [1.807, 2.05) is 36.4 Å². The van der Waals surface area contributed by atoms with Gasteiger partial charge in [-0.3, -0.25) is 0 Å². The van der Waals surface area contributed by atoms with Crippen LogP contribution in [-0.4, -0.2) is 5.97 Å². The fourth-order valence-corrected chi connectivity index (χ4v) is 2.60. The maximum atomic E-state index is 11.9. The molecule has 1 aromatic carbocycles. The monoisotopic (exact) mass is 300 g/mol. The number of rotatable bonds is 9. The number of aromatic nitrogens is 1. The molecule has 0 radical (unpaired) electrons. The van der Waals surface area contributed by atoms with Crippen LogP contribution in [0.5, 0.6) is 0 Å². The fraction of sp³-hybridized carbons (Fsp3) is 0.474. The zero-order valence-corrected chi connectivity index (χ0v) is 13.5. The number of carbonyl (C=O) groups excluding carboxylic acids is 1. The van der Waals surface area contributed by atoms with Gasteiger partial charge in [0, 0.05) is 16.9 Å². The predicted molar refractivity (Wildman–Crippen MR) is 88.3 cm³/mol. The lowest BCUT2D eigenvalue weighted by atomic mass is 10.1. The zero-order valence-electron chi connectivity index (χ0n) is 13.5. The van der Waals surface area contributed by atoms with E-state index in [9.17, 15) is 4.79 Å². The van der Waals surface area contributed by atoms with Gasteiger partial charge in [0.25, 0.3) is 5.52 Å². The molecule has 0 N–H and O–H groups in total. The van der Waals surface area contributed by atoms with Gasteiger partial charge in [-0.05, 0) is 18.6 Å². The second-order valence-electron chi connectivity index (χ2n) is 5.73. The summed E-state index contributed by atoms with van der Waals surface area (Å²) in [5.41, 5.74) is 0.915. The third-order valence-corrected chi connectivity index (χ3v) is 3.86. The van der Waals surface area contributed by atoms with Crippen LogP contribution < -0.4 is 9.57 Å². The van der Waals surface area contributed by atoms with Gasteiger partial charge in [0.05, 0.1) is 11.8 Å². The zero-order chi connectivity index (χ0) is 15.6. The van der Waals surface area contributed by atoms with Crippen LogP contribution in [0.2, 0.25) is 0 Å². The van der Waals surface area contributed by atoms with Crippen LogP contribution in [0.4, 0.5) is 0 Å². The molecule has 22 heavy (non-hydrogen) atoms. The first-order chi connectivity index (χ1) is 10.8. The summed E-state index contributed by atoms with van der Waals surface area (Å²) in [6, 6.07) is 11.8. The molecule has 0 spiro atoms. The number of nitrogens with zero attached hydrogens (tertiary/aromatic N) is 1. The Hall–Kier alpha value is -1.90. The number of hydrogen-bond donors (Lipinski definition) is 0. The van der Waals surface area contributed by atoms with Crippen molar-refractivity contribution in [1.29, 1.82) is 0 Å². The average molecular weight is 300 g/mol. The normalized spacial score (nSPS) is 10.8. The molecule has 1 heterocycles. The summed E-state index contributed by atoms with van der Waals surface area (Å²) in [6.45, 7) is 2.22. The lowest BCUT2D eigenvalue weighted by Crippen LogP contribution is -2.46. The van der Waals surface area contributed by atoms with Crippen LogP contribution in [0.1, 0.15) is 58.3 Å². The van der Waals surface area contributed by atoms with Crippen molar-refractivity contribution in [2.45, 2.75) is 58.3 Å². The molecule has 0 saturated carbocycles. The van der Waals surface area contributed by atoms with Gasteiger partial charge in [0.2, 0.25) is 6.20 Å². The molecule has 118 valence electrons. The first-order valence-corrected chi connectivity index (χ1v) is 8.42. The first kappa shape index (κ1) is 16.5. The van der Waals surface area contributed by atoms with E-state index < -0.39 is 0 Å². The minimum Gasteiger partial charge on any atom is -0.245 e. The van der Waals surface area contributed by atoms with Crippen molar-refractivity contribution in [1.82, 2.24) is 0 Å². The molecule has 0 aliphatic rings. The highest BCUT2D eigenvalue weighted by Crippen LogP contribution is 2.09. The van der Waals surface area contributed by atoms with E-state index in [4.69, 9.17) is 4.84 Å². The Labute approximate surface area is 132 Å². The molecule has 2 rings (SSSR count). The van der Waals surface area contributed by atoms with Crippen LogP contribution in [-0.2, 0) is 4.79 Å². The van der Waals surface area contributed by atoms with Gasteiger partial charge >= 0.3 is 5.97 Å². The van der Waals surface area contributed by atoms with Crippen molar-refractivity contribution in [3.8, 4) is 0 Å². The SMILES string of the molecule is CCCCCCCCCC(=O)O[n+]1cccc2ccccc21. The fourth-order valence-electron chi connectivity index (χ4n) is 2.60. The van der Waals surface area contributed by atoms with Gasteiger partial charge in [-0.25, -0.2) is 4.79 Å². The van der Waals surface area contributed by atoms with E-state index in [0.29, 0.717) is 6.42 Å². The Morgan fingerprint density at radius 2 is 1.64 bits per heavy atom. The van der Waals surface area contributed by atoms with E-state index in [2.05, 4.69) is 6.92 Å². The smallest absolute Gasteiger partial charge is 0.245 e. The van der Waals surface area contributed by atoms with Crippen LogP contribution in [0.3, 0.4) is 0 Å². The number of pyridine rings is 1. The Balaban J connectivity index is 1.75. The van der Waals surface area contributed by atoms with Crippen LogP contribution >= 0.6 is 0 Å².